The number of aryl methyl sites for hydroxylation is 1. The fraction of sp³-hybridized carbons (Fsp3) is 0.636. The lowest BCUT2D eigenvalue weighted by Crippen LogP contribution is -2.52. The van der Waals surface area contributed by atoms with E-state index in [1.807, 2.05) is 47.1 Å². The van der Waals surface area contributed by atoms with E-state index in [0.29, 0.717) is 81.1 Å². The van der Waals surface area contributed by atoms with Gasteiger partial charge in [0.1, 0.15) is 6.61 Å². The van der Waals surface area contributed by atoms with Crippen molar-refractivity contribution in [1.29, 1.82) is 0 Å². The van der Waals surface area contributed by atoms with E-state index < -0.39 is 12.2 Å². The van der Waals surface area contributed by atoms with Crippen LogP contribution in [0.1, 0.15) is 61.6 Å². The van der Waals surface area contributed by atoms with Crippen LogP contribution in [-0.2, 0) is 36.6 Å². The van der Waals surface area contributed by atoms with E-state index in [0.717, 1.165) is 107 Å². The number of carbonyl (C=O) groups excluding carboxylic acids is 4. The minimum absolute atomic E-state index is 0.00101. The number of esters is 1. The zero-order valence-electron chi connectivity index (χ0n) is 34.6. The van der Waals surface area contributed by atoms with Crippen LogP contribution in [0.2, 0.25) is 5.02 Å². The summed E-state index contributed by atoms with van der Waals surface area (Å²) in [6.07, 6.45) is 5.05. The van der Waals surface area contributed by atoms with Crippen LogP contribution in [0.15, 0.2) is 36.4 Å². The SMILES string of the molecule is Cc1cc(C[C@@H](OC(=O)N2CCC(N3CCc4ccccc4NC3=O)CC2)C(=O)N2CCC(C3CCN(CCC(=O)OCCN4CCOCC4)CC3)CC2)cc(Cl)c1N. The normalized spacial score (nSPS) is 21.1. The standard InChI is InChI=1S/C44H62ClN7O7/c1-31-28-32(29-37(45)41(31)46)30-39(59-44(56)51-19-11-36(12-20-51)52-21-10-35-4-2-3-5-38(35)47-43(52)55)42(54)50-17-8-34(9-18-50)33-6-14-48(15-7-33)16-13-40(53)58-27-24-49-22-25-57-26-23-49/h2-5,28-29,33-34,36,39H,6-27,30,46H2,1H3,(H,47,55)/t39-/m1/s1. The number of amides is 4. The molecule has 5 aliphatic rings. The Hall–Kier alpha value is -4.11. The summed E-state index contributed by atoms with van der Waals surface area (Å²) >= 11 is 6.46. The lowest BCUT2D eigenvalue weighted by Gasteiger charge is -2.41. The first kappa shape index (κ1) is 43.0. The molecular weight excluding hydrogens is 774 g/mol. The Kier molecular flexibility index (Phi) is 14.9. The molecule has 0 saturated carbocycles. The molecule has 0 unspecified atom stereocenters. The van der Waals surface area contributed by atoms with Gasteiger partial charge in [-0.25, -0.2) is 9.59 Å². The summed E-state index contributed by atoms with van der Waals surface area (Å²) in [5.74, 6) is 0.778. The van der Waals surface area contributed by atoms with Crippen LogP contribution in [-0.4, -0.2) is 152 Å². The minimum atomic E-state index is -1.01. The monoisotopic (exact) mass is 835 g/mol. The summed E-state index contributed by atoms with van der Waals surface area (Å²) < 4.78 is 17.0. The van der Waals surface area contributed by atoms with Gasteiger partial charge >= 0.3 is 18.1 Å². The molecule has 14 nitrogen and oxygen atoms in total. The topological polar surface area (TPSA) is 150 Å². The number of nitrogens with two attached hydrogens (primary N) is 1. The molecule has 0 aromatic heterocycles. The molecule has 3 N–H and O–H groups in total. The van der Waals surface area contributed by atoms with Crippen molar-refractivity contribution in [1.82, 2.24) is 24.5 Å². The van der Waals surface area contributed by atoms with E-state index in [4.69, 9.17) is 31.5 Å². The number of piperidine rings is 3. The second-order valence-corrected chi connectivity index (χ2v) is 17.3. The second-order valence-electron chi connectivity index (χ2n) is 16.9. The highest BCUT2D eigenvalue weighted by atomic mass is 35.5. The third-order valence-electron chi connectivity index (χ3n) is 13.2. The van der Waals surface area contributed by atoms with Crippen molar-refractivity contribution in [3.05, 3.63) is 58.1 Å². The molecule has 0 aliphatic carbocycles. The summed E-state index contributed by atoms with van der Waals surface area (Å²) in [5, 5.41) is 3.46. The quantitative estimate of drug-likeness (QED) is 0.220. The molecule has 15 heteroatoms. The second kappa shape index (κ2) is 20.4. The molecule has 5 aliphatic heterocycles. The first-order valence-electron chi connectivity index (χ1n) is 21.7. The van der Waals surface area contributed by atoms with Crippen molar-refractivity contribution in [3.8, 4) is 0 Å². The van der Waals surface area contributed by atoms with E-state index in [2.05, 4.69) is 15.1 Å². The van der Waals surface area contributed by atoms with E-state index in [-0.39, 0.29) is 30.4 Å². The van der Waals surface area contributed by atoms with E-state index in [1.165, 1.54) is 0 Å². The number of anilines is 2. The number of hydrogen-bond acceptors (Lipinski definition) is 10. The number of likely N-dealkylation sites (tertiary alicyclic amines) is 3. The molecular formula is C44H62ClN7O7. The Morgan fingerprint density at radius 2 is 1.53 bits per heavy atom. The van der Waals surface area contributed by atoms with Gasteiger partial charge in [-0.2, -0.15) is 0 Å². The van der Waals surface area contributed by atoms with Gasteiger partial charge in [-0.05, 0) is 106 Å². The number of nitrogen functional groups attached to an aromatic ring is 1. The summed E-state index contributed by atoms with van der Waals surface area (Å²) in [6.45, 7) is 11.6. The summed E-state index contributed by atoms with van der Waals surface area (Å²) in [4.78, 5) is 63.6. The molecule has 4 fully saturated rings. The number of halogens is 1. The lowest BCUT2D eigenvalue weighted by molar-refractivity contribution is -0.145. The number of hydrogen-bond donors (Lipinski definition) is 2. The maximum Gasteiger partial charge on any atom is 0.410 e. The fourth-order valence-corrected chi connectivity index (χ4v) is 9.80. The molecule has 4 saturated heterocycles. The van der Waals surface area contributed by atoms with E-state index in [9.17, 15) is 19.2 Å². The molecule has 1 atom stereocenters. The van der Waals surface area contributed by atoms with Gasteiger partial charge in [-0.3, -0.25) is 14.5 Å². The lowest BCUT2D eigenvalue weighted by atomic mass is 9.78. The molecule has 4 amide bonds. The van der Waals surface area contributed by atoms with Crippen LogP contribution in [0.25, 0.3) is 0 Å². The van der Waals surface area contributed by atoms with Gasteiger partial charge in [-0.15, -0.1) is 0 Å². The summed E-state index contributed by atoms with van der Waals surface area (Å²) in [7, 11) is 0. The average Bonchev–Trinajstić information content (AvgIpc) is 3.43. The average molecular weight is 836 g/mol. The van der Waals surface area contributed by atoms with Gasteiger partial charge in [0.25, 0.3) is 5.91 Å². The molecule has 5 heterocycles. The predicted octanol–water partition coefficient (Wildman–Crippen LogP) is 5.05. The highest BCUT2D eigenvalue weighted by Crippen LogP contribution is 2.34. The number of ether oxygens (including phenoxy) is 3. The van der Waals surface area contributed by atoms with Crippen molar-refractivity contribution in [2.24, 2.45) is 11.8 Å². The number of fused-ring (bicyclic) bond motifs is 1. The Morgan fingerprint density at radius 1 is 0.864 bits per heavy atom. The number of para-hydroxylation sites is 1. The zero-order chi connectivity index (χ0) is 41.3. The Bertz CT molecular complexity index is 1750. The van der Waals surface area contributed by atoms with Crippen LogP contribution in [0.5, 0.6) is 0 Å². The maximum absolute atomic E-state index is 14.2. The predicted molar refractivity (Wildman–Crippen MR) is 226 cm³/mol. The number of nitrogens with zero attached hydrogens (tertiary/aromatic N) is 5. The number of urea groups is 1. The molecule has 2 aromatic carbocycles. The number of rotatable bonds is 12. The molecule has 322 valence electrons. The highest BCUT2D eigenvalue weighted by Gasteiger charge is 2.37. The van der Waals surface area contributed by atoms with Crippen LogP contribution in [0.3, 0.4) is 0 Å². The molecule has 0 bridgehead atoms. The maximum atomic E-state index is 14.2. The minimum Gasteiger partial charge on any atom is -0.464 e. The van der Waals surface area contributed by atoms with Crippen molar-refractivity contribution in [3.63, 3.8) is 0 Å². The van der Waals surface area contributed by atoms with Gasteiger partial charge in [0.05, 0.1) is 30.3 Å². The smallest absolute Gasteiger partial charge is 0.410 e. The van der Waals surface area contributed by atoms with Gasteiger partial charge < -0.3 is 44.9 Å². The largest absolute Gasteiger partial charge is 0.464 e. The third-order valence-corrected chi connectivity index (χ3v) is 13.5. The van der Waals surface area contributed by atoms with E-state index >= 15 is 0 Å². The molecule has 59 heavy (non-hydrogen) atoms. The van der Waals surface area contributed by atoms with Crippen LogP contribution < -0.4 is 11.1 Å². The zero-order valence-corrected chi connectivity index (χ0v) is 35.3. The van der Waals surface area contributed by atoms with Crippen molar-refractivity contribution in [2.75, 3.05) is 103 Å². The number of nitrogens with one attached hydrogen (secondary N) is 1. The third kappa shape index (κ3) is 11.4. The Labute approximate surface area is 353 Å². The van der Waals surface area contributed by atoms with Crippen LogP contribution in [0.4, 0.5) is 21.0 Å². The first-order valence-corrected chi connectivity index (χ1v) is 22.1. The number of carbonyl (C=O) groups is 4. The fourth-order valence-electron chi connectivity index (χ4n) is 9.51. The molecule has 0 radical (unpaired) electrons. The summed E-state index contributed by atoms with van der Waals surface area (Å²) in [6, 6.07) is 11.4. The van der Waals surface area contributed by atoms with Crippen molar-refractivity contribution >= 4 is 47.0 Å². The van der Waals surface area contributed by atoms with Gasteiger partial charge in [-0.1, -0.05) is 35.9 Å². The van der Waals surface area contributed by atoms with Crippen molar-refractivity contribution < 1.29 is 33.4 Å². The molecule has 0 spiro atoms. The van der Waals surface area contributed by atoms with Gasteiger partial charge in [0.15, 0.2) is 6.10 Å². The number of benzene rings is 2. The van der Waals surface area contributed by atoms with Crippen LogP contribution >= 0.6 is 11.6 Å². The van der Waals surface area contributed by atoms with Crippen LogP contribution in [0, 0.1) is 18.8 Å². The first-order chi connectivity index (χ1) is 28.6. The molecule has 7 rings (SSSR count). The van der Waals surface area contributed by atoms with Crippen molar-refractivity contribution in [2.45, 2.75) is 76.9 Å². The summed E-state index contributed by atoms with van der Waals surface area (Å²) in [5.41, 5.74) is 10.2. The van der Waals surface area contributed by atoms with Gasteiger partial charge in [0.2, 0.25) is 0 Å². The highest BCUT2D eigenvalue weighted by molar-refractivity contribution is 6.33. The Morgan fingerprint density at radius 3 is 2.24 bits per heavy atom. The Balaban J connectivity index is 0.878. The van der Waals surface area contributed by atoms with E-state index in [1.54, 1.807) is 11.0 Å². The molecule has 2 aromatic rings. The van der Waals surface area contributed by atoms with Gasteiger partial charge in [0, 0.05) is 77.1 Å². The number of morpholine rings is 1.